The van der Waals surface area contributed by atoms with Crippen LogP contribution in [-0.2, 0) is 34.3 Å². The number of β-lactam (4-membered cyclic amide) rings is 1. The monoisotopic (exact) mass is 543 g/mol. The van der Waals surface area contributed by atoms with Gasteiger partial charge in [-0.25, -0.2) is 22.5 Å². The van der Waals surface area contributed by atoms with Crippen LogP contribution >= 0.6 is 11.3 Å². The predicted octanol–water partition coefficient (Wildman–Crippen LogP) is -5.43. The van der Waals surface area contributed by atoms with E-state index < -0.39 is 65.1 Å². The molecule has 1 aliphatic rings. The molecular formula is C16H22N7NaO9S2. The zero-order valence-corrected chi connectivity index (χ0v) is 22.6. The number of carbonyl (C=O) groups excluding carboxylic acids is 4. The first kappa shape index (κ1) is 30.5. The number of aromatic nitrogens is 1. The number of oxime groups is 1. The van der Waals surface area contributed by atoms with Crippen LogP contribution in [0.15, 0.2) is 10.5 Å². The van der Waals surface area contributed by atoms with Gasteiger partial charge < -0.3 is 35.8 Å². The second-order valence-electron chi connectivity index (χ2n) is 6.59. The Balaban J connectivity index is 0.00000612. The molecule has 16 nitrogen and oxygen atoms in total. The van der Waals surface area contributed by atoms with Crippen molar-refractivity contribution in [3.63, 3.8) is 0 Å². The maximum atomic E-state index is 12.8. The summed E-state index contributed by atoms with van der Waals surface area (Å²) in [5, 5.41) is 7.25. The van der Waals surface area contributed by atoms with Gasteiger partial charge in [0.1, 0.15) is 24.4 Å². The second-order valence-corrected chi connectivity index (χ2v) is 8.73. The molecule has 0 aliphatic carbocycles. The maximum Gasteiger partial charge on any atom is 1.00 e. The zero-order chi connectivity index (χ0) is 25.6. The topological polar surface area (TPSA) is 240 Å². The van der Waals surface area contributed by atoms with Gasteiger partial charge in [0.15, 0.2) is 27.8 Å². The summed E-state index contributed by atoms with van der Waals surface area (Å²) in [6.45, 7) is 3.10. The fraction of sp³-hybridized carbons (Fsp3) is 0.500. The molecular weight excluding hydrogens is 521 g/mol. The summed E-state index contributed by atoms with van der Waals surface area (Å²) in [6, 6.07) is -3.12. The van der Waals surface area contributed by atoms with Gasteiger partial charge in [-0.3, -0.25) is 14.4 Å². The van der Waals surface area contributed by atoms with Gasteiger partial charge in [-0.2, -0.15) is 0 Å². The van der Waals surface area contributed by atoms with Crippen LogP contribution in [0.25, 0.3) is 0 Å². The molecule has 0 radical (unpaired) electrons. The Labute approximate surface area is 226 Å². The van der Waals surface area contributed by atoms with Gasteiger partial charge in [-0.15, -0.1) is 11.3 Å². The van der Waals surface area contributed by atoms with Gasteiger partial charge in [0, 0.05) is 18.5 Å². The largest absolute Gasteiger partial charge is 1.00 e. The van der Waals surface area contributed by atoms with Crippen molar-refractivity contribution in [1.29, 1.82) is 0 Å². The number of nitrogens with two attached hydrogens (primary N) is 2. The van der Waals surface area contributed by atoms with E-state index in [0.29, 0.717) is 13.1 Å². The van der Waals surface area contributed by atoms with E-state index in [1.807, 2.05) is 0 Å². The van der Waals surface area contributed by atoms with Crippen LogP contribution in [0.4, 0.5) is 9.93 Å². The standard InChI is InChI=1S/C16H23N7O9S2.Na/c1-3-22(4-2)10(24)6-32-21-11(8-7-33-15(17)19-8)13(25)20-12-9(5-31-16(18)27)23(14(12)26)34(28,29)30;/h7,9,12H,3-6H2,1-2H3,(H2,17,19)(H2,18,27)(H,20,25)(H,28,29,30);/q;+1/p-1/b21-11-;/t9-,12+;/m1./s1. The maximum absolute atomic E-state index is 12.8. The van der Waals surface area contributed by atoms with Crippen LogP contribution in [0, 0.1) is 0 Å². The fourth-order valence-corrected chi connectivity index (χ4v) is 4.31. The number of primary amides is 1. The molecule has 1 aliphatic heterocycles. The average Bonchev–Trinajstić information content (AvgIpc) is 3.17. The van der Waals surface area contributed by atoms with Gasteiger partial charge in [0.25, 0.3) is 17.7 Å². The molecule has 0 aromatic carbocycles. The van der Waals surface area contributed by atoms with Gasteiger partial charge in [0.05, 0.1) is 0 Å². The second kappa shape index (κ2) is 13.0. The zero-order valence-electron chi connectivity index (χ0n) is 19.0. The minimum Gasteiger partial charge on any atom is -0.731 e. The Morgan fingerprint density at radius 2 is 1.97 bits per heavy atom. The van der Waals surface area contributed by atoms with Crippen molar-refractivity contribution in [2.24, 2.45) is 10.9 Å². The molecule has 35 heavy (non-hydrogen) atoms. The molecule has 0 saturated carbocycles. The van der Waals surface area contributed by atoms with Gasteiger partial charge >= 0.3 is 35.7 Å². The van der Waals surface area contributed by atoms with Crippen molar-refractivity contribution in [3.8, 4) is 0 Å². The van der Waals surface area contributed by atoms with Crippen molar-refractivity contribution >= 4 is 56.3 Å². The number of carbonyl (C=O) groups is 4. The summed E-state index contributed by atoms with van der Waals surface area (Å²) in [4.78, 5) is 58.4. The average molecular weight is 544 g/mol. The van der Waals surface area contributed by atoms with E-state index in [2.05, 4.69) is 20.2 Å². The van der Waals surface area contributed by atoms with Crippen LogP contribution in [0.2, 0.25) is 0 Å². The first-order chi connectivity index (χ1) is 15.9. The van der Waals surface area contributed by atoms with Gasteiger partial charge in [-0.05, 0) is 13.8 Å². The van der Waals surface area contributed by atoms with Crippen LogP contribution < -0.4 is 46.3 Å². The molecule has 188 valence electrons. The molecule has 0 unspecified atom stereocenters. The van der Waals surface area contributed by atoms with Crippen molar-refractivity contribution in [2.45, 2.75) is 25.9 Å². The molecule has 2 heterocycles. The van der Waals surface area contributed by atoms with Crippen LogP contribution in [0.1, 0.15) is 19.5 Å². The van der Waals surface area contributed by atoms with Crippen LogP contribution in [0.3, 0.4) is 0 Å². The van der Waals surface area contributed by atoms with E-state index in [1.165, 1.54) is 10.3 Å². The quantitative estimate of drug-likeness (QED) is 0.0782. The number of ether oxygens (including phenoxy) is 1. The number of anilines is 1. The minimum absolute atomic E-state index is 0. The molecule has 2 atom stereocenters. The normalized spacial score (nSPS) is 17.6. The molecule has 0 bridgehead atoms. The molecule has 1 fully saturated rings. The molecule has 0 spiro atoms. The van der Waals surface area contributed by atoms with E-state index in [1.54, 1.807) is 13.8 Å². The van der Waals surface area contributed by atoms with Crippen molar-refractivity contribution in [2.75, 3.05) is 32.0 Å². The number of hydrogen-bond acceptors (Lipinski definition) is 13. The molecule has 4 amide bonds. The molecule has 19 heteroatoms. The van der Waals surface area contributed by atoms with Crippen molar-refractivity contribution in [3.05, 3.63) is 11.1 Å². The van der Waals surface area contributed by atoms with E-state index in [4.69, 9.17) is 16.3 Å². The molecule has 1 aromatic rings. The summed E-state index contributed by atoms with van der Waals surface area (Å²) in [7, 11) is -5.26. The predicted molar refractivity (Wildman–Crippen MR) is 115 cm³/mol. The number of nitrogens with one attached hydrogen (secondary N) is 1. The Bertz CT molecular complexity index is 1090. The number of rotatable bonds is 11. The molecule has 1 aromatic heterocycles. The Morgan fingerprint density at radius 1 is 1.34 bits per heavy atom. The third-order valence-electron chi connectivity index (χ3n) is 4.53. The number of likely N-dealkylation sites (N-methyl/N-ethyl adjacent to an activating group) is 1. The number of nitrogens with zero attached hydrogens (tertiary/aromatic N) is 4. The Kier molecular flexibility index (Phi) is 11.3. The van der Waals surface area contributed by atoms with Gasteiger partial charge in [-0.1, -0.05) is 5.16 Å². The summed E-state index contributed by atoms with van der Waals surface area (Å²) in [6.07, 6.45) is -1.29. The third-order valence-corrected chi connectivity index (χ3v) is 6.14. The first-order valence-electron chi connectivity index (χ1n) is 9.61. The summed E-state index contributed by atoms with van der Waals surface area (Å²) < 4.78 is 38.4. The number of nitrogen functional groups attached to an aromatic ring is 1. The summed E-state index contributed by atoms with van der Waals surface area (Å²) in [5.41, 5.74) is 9.88. The van der Waals surface area contributed by atoms with E-state index >= 15 is 0 Å². The van der Waals surface area contributed by atoms with Crippen molar-refractivity contribution in [1.82, 2.24) is 19.5 Å². The smallest absolute Gasteiger partial charge is 0.731 e. The number of hydrogen-bond donors (Lipinski definition) is 3. The van der Waals surface area contributed by atoms with E-state index in [9.17, 15) is 32.1 Å². The van der Waals surface area contributed by atoms with Crippen LogP contribution in [0.5, 0.6) is 0 Å². The Morgan fingerprint density at radius 3 is 2.46 bits per heavy atom. The summed E-state index contributed by atoms with van der Waals surface area (Å²) in [5.74, 6) is -2.73. The fourth-order valence-electron chi connectivity index (χ4n) is 2.91. The Hall–Kier alpha value is -2.51. The first-order valence-corrected chi connectivity index (χ1v) is 11.9. The van der Waals surface area contributed by atoms with Gasteiger partial charge in [0.2, 0.25) is 0 Å². The molecule has 1 saturated heterocycles. The van der Waals surface area contributed by atoms with E-state index in [0.717, 1.165) is 11.3 Å². The van der Waals surface area contributed by atoms with Crippen molar-refractivity contribution < 1.29 is 71.3 Å². The minimum atomic E-state index is -5.26. The number of thiazole rings is 1. The SMILES string of the molecule is CCN(CC)C(=O)CO/N=C(\C(=O)N[C@@H]1C(=O)N(S(=O)(=O)[O-])[C@@H]1COC(N)=O)c1csc(N)n1.[Na+]. The number of amides is 4. The van der Waals surface area contributed by atoms with Crippen LogP contribution in [-0.4, -0.2) is 95.1 Å². The molecule has 2 rings (SSSR count). The molecule has 5 N–H and O–H groups in total. The third kappa shape index (κ3) is 7.74. The summed E-state index contributed by atoms with van der Waals surface area (Å²) >= 11 is 0.965. The van der Waals surface area contributed by atoms with E-state index in [-0.39, 0.29) is 44.7 Å².